The Bertz CT molecular complexity index is 349. The lowest BCUT2D eigenvalue weighted by Gasteiger charge is -2.35. The fourth-order valence-corrected chi connectivity index (χ4v) is 1.55. The molecule has 0 atom stereocenters. The molecule has 4 N–H and O–H groups in total. The third-order valence-electron chi connectivity index (χ3n) is 2.35. The van der Waals surface area contributed by atoms with Crippen molar-refractivity contribution in [3.8, 4) is 0 Å². The molecule has 0 unspecified atom stereocenters. The predicted molar refractivity (Wildman–Crippen MR) is 60.4 cm³/mol. The topological polar surface area (TPSA) is 83.3 Å². The number of likely N-dealkylation sites (tertiary alicyclic amines) is 1. The molecule has 0 spiro atoms. The number of hydrazine groups is 1. The first-order chi connectivity index (χ1) is 7.74. The predicted octanol–water partition coefficient (Wildman–Crippen LogP) is -0.832. The highest BCUT2D eigenvalue weighted by Gasteiger charge is 2.24. The molecular weight excluding hydrogens is 206 g/mol. The Labute approximate surface area is 93.8 Å². The summed E-state index contributed by atoms with van der Waals surface area (Å²) >= 11 is 0. The molecule has 1 aliphatic heterocycles. The zero-order valence-corrected chi connectivity index (χ0v) is 8.89. The van der Waals surface area contributed by atoms with Crippen LogP contribution in [0.1, 0.15) is 0 Å². The van der Waals surface area contributed by atoms with Crippen LogP contribution in [-0.4, -0.2) is 41.5 Å². The van der Waals surface area contributed by atoms with Crippen molar-refractivity contribution in [2.75, 3.05) is 25.1 Å². The molecule has 0 radical (unpaired) electrons. The SMILES string of the molecule is NC1CN(CC(=O)NNc2ccccn2)C1. The molecule has 0 saturated carbocycles. The van der Waals surface area contributed by atoms with Gasteiger partial charge in [0.2, 0.25) is 0 Å². The highest BCUT2D eigenvalue weighted by atomic mass is 16.2. The van der Waals surface area contributed by atoms with Crippen molar-refractivity contribution in [3.63, 3.8) is 0 Å². The van der Waals surface area contributed by atoms with Crippen LogP contribution in [0.3, 0.4) is 0 Å². The second kappa shape index (κ2) is 4.91. The van der Waals surface area contributed by atoms with Crippen LogP contribution >= 0.6 is 0 Å². The van der Waals surface area contributed by atoms with Gasteiger partial charge in [0, 0.05) is 25.3 Å². The molecule has 0 aromatic carbocycles. The lowest BCUT2D eigenvalue weighted by Crippen LogP contribution is -2.58. The van der Waals surface area contributed by atoms with Gasteiger partial charge < -0.3 is 5.73 Å². The number of carbonyl (C=O) groups excluding carboxylic acids is 1. The number of aromatic nitrogens is 1. The van der Waals surface area contributed by atoms with Crippen LogP contribution in [0.4, 0.5) is 5.82 Å². The lowest BCUT2D eigenvalue weighted by molar-refractivity contribution is -0.122. The minimum atomic E-state index is -0.0856. The van der Waals surface area contributed by atoms with E-state index < -0.39 is 0 Å². The van der Waals surface area contributed by atoms with Gasteiger partial charge in [-0.05, 0) is 12.1 Å². The number of hydrogen-bond donors (Lipinski definition) is 3. The van der Waals surface area contributed by atoms with Crippen LogP contribution in [0.15, 0.2) is 24.4 Å². The summed E-state index contributed by atoms with van der Waals surface area (Å²) in [6.45, 7) is 1.95. The van der Waals surface area contributed by atoms with Gasteiger partial charge in [-0.1, -0.05) is 6.07 Å². The number of amides is 1. The molecule has 0 bridgehead atoms. The molecule has 1 saturated heterocycles. The van der Waals surface area contributed by atoms with Gasteiger partial charge >= 0.3 is 0 Å². The summed E-state index contributed by atoms with van der Waals surface area (Å²) in [5, 5.41) is 0. The van der Waals surface area contributed by atoms with Crippen molar-refractivity contribution in [2.24, 2.45) is 5.73 Å². The fourth-order valence-electron chi connectivity index (χ4n) is 1.55. The molecule has 6 heteroatoms. The van der Waals surface area contributed by atoms with Crippen LogP contribution in [0.25, 0.3) is 0 Å². The molecule has 6 nitrogen and oxygen atoms in total. The molecule has 2 rings (SSSR count). The second-order valence-electron chi connectivity index (χ2n) is 3.84. The Morgan fingerprint density at radius 1 is 1.56 bits per heavy atom. The van der Waals surface area contributed by atoms with Crippen molar-refractivity contribution in [3.05, 3.63) is 24.4 Å². The smallest absolute Gasteiger partial charge is 0.252 e. The van der Waals surface area contributed by atoms with Gasteiger partial charge in [0.25, 0.3) is 5.91 Å². The van der Waals surface area contributed by atoms with E-state index in [0.717, 1.165) is 13.1 Å². The summed E-state index contributed by atoms with van der Waals surface area (Å²) in [4.78, 5) is 17.4. The second-order valence-corrected chi connectivity index (χ2v) is 3.84. The summed E-state index contributed by atoms with van der Waals surface area (Å²) in [5.74, 6) is 0.536. The van der Waals surface area contributed by atoms with E-state index in [4.69, 9.17) is 5.73 Å². The van der Waals surface area contributed by atoms with Crippen LogP contribution in [-0.2, 0) is 4.79 Å². The first-order valence-corrected chi connectivity index (χ1v) is 5.18. The van der Waals surface area contributed by atoms with Gasteiger partial charge in [-0.2, -0.15) is 0 Å². The van der Waals surface area contributed by atoms with Crippen molar-refractivity contribution < 1.29 is 4.79 Å². The number of hydrogen-bond acceptors (Lipinski definition) is 5. The molecular formula is C10H15N5O. The Morgan fingerprint density at radius 2 is 2.38 bits per heavy atom. The molecule has 0 aliphatic carbocycles. The van der Waals surface area contributed by atoms with Crippen molar-refractivity contribution in [1.82, 2.24) is 15.3 Å². The third kappa shape index (κ3) is 2.91. The van der Waals surface area contributed by atoms with Gasteiger partial charge in [0.15, 0.2) is 0 Å². The molecule has 86 valence electrons. The summed E-state index contributed by atoms with van der Waals surface area (Å²) in [5.41, 5.74) is 10.9. The maximum Gasteiger partial charge on any atom is 0.252 e. The number of carbonyl (C=O) groups is 1. The van der Waals surface area contributed by atoms with E-state index in [1.807, 2.05) is 17.0 Å². The van der Waals surface area contributed by atoms with Gasteiger partial charge in [-0.3, -0.25) is 20.5 Å². The third-order valence-corrected chi connectivity index (χ3v) is 2.35. The number of nitrogens with one attached hydrogen (secondary N) is 2. The molecule has 16 heavy (non-hydrogen) atoms. The molecule has 1 fully saturated rings. The van der Waals surface area contributed by atoms with Crippen molar-refractivity contribution >= 4 is 11.7 Å². The van der Waals surface area contributed by atoms with E-state index in [9.17, 15) is 4.79 Å². The number of rotatable bonds is 4. The average Bonchev–Trinajstić information content (AvgIpc) is 2.26. The highest BCUT2D eigenvalue weighted by molar-refractivity contribution is 5.79. The van der Waals surface area contributed by atoms with E-state index >= 15 is 0 Å². The molecule has 2 heterocycles. The van der Waals surface area contributed by atoms with Crippen LogP contribution < -0.4 is 16.6 Å². The first-order valence-electron chi connectivity index (χ1n) is 5.18. The van der Waals surface area contributed by atoms with E-state index in [1.165, 1.54) is 0 Å². The minimum absolute atomic E-state index is 0.0856. The quantitative estimate of drug-likeness (QED) is 0.578. The maximum absolute atomic E-state index is 11.4. The largest absolute Gasteiger partial charge is 0.325 e. The maximum atomic E-state index is 11.4. The van der Waals surface area contributed by atoms with E-state index in [1.54, 1.807) is 12.3 Å². The van der Waals surface area contributed by atoms with Gasteiger partial charge in [-0.25, -0.2) is 4.98 Å². The van der Waals surface area contributed by atoms with Crippen LogP contribution in [0.2, 0.25) is 0 Å². The normalized spacial score (nSPS) is 16.6. The number of pyridine rings is 1. The molecule has 1 amide bonds. The first kappa shape index (κ1) is 10.8. The molecule has 1 aliphatic rings. The van der Waals surface area contributed by atoms with E-state index in [2.05, 4.69) is 15.8 Å². The summed E-state index contributed by atoms with van der Waals surface area (Å²) in [6, 6.07) is 5.65. The van der Waals surface area contributed by atoms with Gasteiger partial charge in [0.1, 0.15) is 5.82 Å². The summed E-state index contributed by atoms with van der Waals surface area (Å²) in [7, 11) is 0. The zero-order valence-electron chi connectivity index (χ0n) is 8.89. The Hall–Kier alpha value is -1.66. The van der Waals surface area contributed by atoms with E-state index in [0.29, 0.717) is 12.4 Å². The zero-order chi connectivity index (χ0) is 11.4. The summed E-state index contributed by atoms with van der Waals surface area (Å²) < 4.78 is 0. The Kier molecular flexibility index (Phi) is 3.33. The Balaban J connectivity index is 1.68. The van der Waals surface area contributed by atoms with Crippen LogP contribution in [0.5, 0.6) is 0 Å². The minimum Gasteiger partial charge on any atom is -0.325 e. The monoisotopic (exact) mass is 221 g/mol. The van der Waals surface area contributed by atoms with Crippen molar-refractivity contribution in [2.45, 2.75) is 6.04 Å². The Morgan fingerprint density at radius 3 is 3.00 bits per heavy atom. The van der Waals surface area contributed by atoms with Crippen LogP contribution in [0, 0.1) is 0 Å². The van der Waals surface area contributed by atoms with Gasteiger partial charge in [-0.15, -0.1) is 0 Å². The number of anilines is 1. The van der Waals surface area contributed by atoms with E-state index in [-0.39, 0.29) is 11.9 Å². The van der Waals surface area contributed by atoms with Crippen molar-refractivity contribution in [1.29, 1.82) is 0 Å². The molecule has 1 aromatic rings. The standard InChI is InChI=1S/C10H15N5O/c11-8-5-15(6-8)7-10(16)14-13-9-3-1-2-4-12-9/h1-4,8H,5-7,11H2,(H,12,13)(H,14,16). The number of nitrogens with two attached hydrogens (primary N) is 1. The lowest BCUT2D eigenvalue weighted by atomic mass is 10.1. The van der Waals surface area contributed by atoms with Gasteiger partial charge in [0.05, 0.1) is 6.54 Å². The molecule has 1 aromatic heterocycles. The highest BCUT2D eigenvalue weighted by Crippen LogP contribution is 2.03. The summed E-state index contributed by atoms with van der Waals surface area (Å²) in [6.07, 6.45) is 1.66. The number of nitrogens with zero attached hydrogens (tertiary/aromatic N) is 2. The average molecular weight is 221 g/mol. The fraction of sp³-hybridized carbons (Fsp3) is 0.400.